The molecule has 3 aromatic rings. The quantitative estimate of drug-likeness (QED) is 0.210. The van der Waals surface area contributed by atoms with Crippen LogP contribution in [0.2, 0.25) is 0 Å². The highest BCUT2D eigenvalue weighted by atomic mass is 79.9. The Kier molecular flexibility index (Phi) is 26.9. The van der Waals surface area contributed by atoms with Crippen LogP contribution in [-0.4, -0.2) is 21.3 Å². The van der Waals surface area contributed by atoms with Crippen LogP contribution in [0.15, 0.2) is 73.2 Å². The van der Waals surface area contributed by atoms with Crippen molar-refractivity contribution < 1.29 is 79.6 Å². The van der Waals surface area contributed by atoms with Crippen molar-refractivity contribution in [2.45, 2.75) is 59.3 Å². The van der Waals surface area contributed by atoms with E-state index in [4.69, 9.17) is 14.5 Å². The van der Waals surface area contributed by atoms with Crippen LogP contribution < -0.4 is 79.6 Å². The van der Waals surface area contributed by atoms with Gasteiger partial charge in [-0.25, -0.2) is 0 Å². The Morgan fingerprint density at radius 2 is 0.722 bits per heavy atom. The van der Waals surface area contributed by atoms with Crippen molar-refractivity contribution in [2.75, 3.05) is 21.3 Å². The predicted molar refractivity (Wildman–Crippen MR) is 129 cm³/mol. The average molecular weight is 696 g/mol. The summed E-state index contributed by atoms with van der Waals surface area (Å²) >= 11 is 0. The first-order valence-corrected chi connectivity index (χ1v) is 11.8. The lowest BCUT2D eigenvalue weighted by atomic mass is 10.2. The smallest absolute Gasteiger partial charge is 0.234 e. The molecule has 3 rings (SSSR count). The van der Waals surface area contributed by atoms with Gasteiger partial charge in [-0.05, 0) is 37.5 Å². The minimum Gasteiger partial charge on any atom is -1.00 e. The molecule has 0 saturated heterocycles. The second kappa shape index (κ2) is 25.0. The highest BCUT2D eigenvalue weighted by molar-refractivity contribution is 4.98. The van der Waals surface area contributed by atoms with E-state index in [0.29, 0.717) is 0 Å². The lowest BCUT2D eigenvalue weighted by Gasteiger charge is -1.96. The van der Waals surface area contributed by atoms with Crippen LogP contribution in [0.1, 0.15) is 57.1 Å². The lowest BCUT2D eigenvalue weighted by molar-refractivity contribution is -0.890. The average Bonchev–Trinajstić information content (AvgIpc) is 2.86. The molecule has 0 fully saturated rings. The van der Waals surface area contributed by atoms with Gasteiger partial charge in [0, 0.05) is 69.9 Å². The zero-order chi connectivity index (χ0) is 24.3. The summed E-state index contributed by atoms with van der Waals surface area (Å²) in [4.78, 5) is 15.3. The van der Waals surface area contributed by atoms with E-state index in [9.17, 15) is 0 Å². The van der Waals surface area contributed by atoms with Gasteiger partial charge >= 0.3 is 0 Å². The number of halogens is 3. The molecule has 9 heteroatoms. The summed E-state index contributed by atoms with van der Waals surface area (Å²) in [6.07, 6.45) is 12.4. The maximum Gasteiger partial charge on any atom is 0.234 e. The van der Waals surface area contributed by atoms with Crippen molar-refractivity contribution in [3.8, 4) is 0 Å². The van der Waals surface area contributed by atoms with Crippen molar-refractivity contribution in [3.05, 3.63) is 90.3 Å². The molecule has 0 spiro atoms. The van der Waals surface area contributed by atoms with Gasteiger partial charge in [0.15, 0.2) is 0 Å². The summed E-state index contributed by atoms with van der Waals surface area (Å²) in [6, 6.07) is 18.2. The van der Waals surface area contributed by atoms with Gasteiger partial charge in [0.25, 0.3) is 0 Å². The third-order valence-corrected chi connectivity index (χ3v) is 4.82. The van der Waals surface area contributed by atoms with Gasteiger partial charge in [0.2, 0.25) is 35.7 Å². The SMILES string of the molecule is CCCc1cccc[n+]1OC.CCCc1cccc[n+]1OC.CCCc1cccc[n+]1OC.[Br-].[Br-].[Br-]. The first-order chi connectivity index (χ1) is 16.1. The first kappa shape index (κ1) is 38.8. The van der Waals surface area contributed by atoms with Crippen LogP contribution in [0.3, 0.4) is 0 Å². The van der Waals surface area contributed by atoms with E-state index in [1.807, 2.05) is 55.0 Å². The fourth-order valence-corrected chi connectivity index (χ4v) is 3.27. The lowest BCUT2D eigenvalue weighted by Crippen LogP contribution is -3.00. The number of rotatable bonds is 9. The Morgan fingerprint density at radius 3 is 0.917 bits per heavy atom. The highest BCUT2D eigenvalue weighted by Crippen LogP contribution is 1.96. The third kappa shape index (κ3) is 14.8. The molecule has 3 aromatic heterocycles. The molecule has 0 atom stereocenters. The molecular weight excluding hydrogens is 654 g/mol. The summed E-state index contributed by atoms with van der Waals surface area (Å²) in [7, 11) is 5.04. The molecular formula is C27H42Br3N3O3. The highest BCUT2D eigenvalue weighted by Gasteiger charge is 2.08. The fourth-order valence-electron chi connectivity index (χ4n) is 3.27. The van der Waals surface area contributed by atoms with E-state index < -0.39 is 0 Å². The Labute approximate surface area is 249 Å². The van der Waals surface area contributed by atoms with Crippen LogP contribution in [-0.2, 0) is 19.3 Å². The number of nitrogens with zero attached hydrogens (tertiary/aromatic N) is 3. The van der Waals surface area contributed by atoms with E-state index in [-0.39, 0.29) is 50.9 Å². The van der Waals surface area contributed by atoms with E-state index in [1.165, 1.54) is 17.1 Å². The second-order valence-electron chi connectivity index (χ2n) is 7.35. The monoisotopic (exact) mass is 693 g/mol. The maximum absolute atomic E-state index is 5.11. The maximum atomic E-state index is 5.11. The zero-order valence-corrected chi connectivity index (χ0v) is 27.1. The van der Waals surface area contributed by atoms with Crippen LogP contribution in [0.4, 0.5) is 0 Å². The normalized spacial score (nSPS) is 8.83. The van der Waals surface area contributed by atoms with Gasteiger partial charge < -0.3 is 50.9 Å². The predicted octanol–water partition coefficient (Wildman–Crippen LogP) is -6.03. The Hall–Kier alpha value is -1.71. The molecule has 0 aliphatic rings. The van der Waals surface area contributed by atoms with Gasteiger partial charge in [0.1, 0.15) is 21.3 Å². The van der Waals surface area contributed by atoms with Gasteiger partial charge in [-0.15, -0.1) is 0 Å². The summed E-state index contributed by atoms with van der Waals surface area (Å²) in [5.41, 5.74) is 3.66. The number of pyridine rings is 3. The molecule has 0 aliphatic heterocycles. The van der Waals surface area contributed by atoms with Crippen molar-refractivity contribution in [1.82, 2.24) is 0 Å². The summed E-state index contributed by atoms with van der Waals surface area (Å²) in [5.74, 6) is 0. The van der Waals surface area contributed by atoms with Crippen LogP contribution >= 0.6 is 0 Å². The van der Waals surface area contributed by atoms with Crippen LogP contribution in [0.5, 0.6) is 0 Å². The van der Waals surface area contributed by atoms with Crippen LogP contribution in [0, 0.1) is 0 Å². The molecule has 0 aromatic carbocycles. The molecule has 3 heterocycles. The molecule has 204 valence electrons. The Morgan fingerprint density at radius 1 is 0.472 bits per heavy atom. The number of aromatic nitrogens is 3. The van der Waals surface area contributed by atoms with Gasteiger partial charge in [-0.1, -0.05) is 20.8 Å². The Bertz CT molecular complexity index is 800. The number of aryl methyl sites for hydroxylation is 3. The topological polar surface area (TPSA) is 39.3 Å². The van der Waals surface area contributed by atoms with Crippen LogP contribution in [0.25, 0.3) is 0 Å². The van der Waals surface area contributed by atoms with E-state index in [0.717, 1.165) is 38.5 Å². The molecule has 0 N–H and O–H groups in total. The third-order valence-electron chi connectivity index (χ3n) is 4.82. The number of hydrogen-bond acceptors (Lipinski definition) is 3. The molecule has 0 bridgehead atoms. The minimum absolute atomic E-state index is 0. The molecule has 0 aliphatic carbocycles. The Balaban J connectivity index is -0.000000436. The molecule has 0 radical (unpaired) electrons. The first-order valence-electron chi connectivity index (χ1n) is 11.8. The van der Waals surface area contributed by atoms with Crippen molar-refractivity contribution in [1.29, 1.82) is 0 Å². The molecule has 0 unspecified atom stereocenters. The summed E-state index contributed by atoms with van der Waals surface area (Å²) < 4.78 is 5.39. The number of hydrogen-bond donors (Lipinski definition) is 0. The largest absolute Gasteiger partial charge is 1.00 e. The molecule has 0 saturated carbocycles. The summed E-state index contributed by atoms with van der Waals surface area (Å²) in [5, 5.41) is 0. The van der Waals surface area contributed by atoms with Crippen molar-refractivity contribution >= 4 is 0 Å². The van der Waals surface area contributed by atoms with Gasteiger partial charge in [-0.2, -0.15) is 0 Å². The van der Waals surface area contributed by atoms with E-state index >= 15 is 0 Å². The van der Waals surface area contributed by atoms with Crippen molar-refractivity contribution in [3.63, 3.8) is 0 Å². The van der Waals surface area contributed by atoms with Gasteiger partial charge in [0.05, 0.1) is 0 Å². The second-order valence-corrected chi connectivity index (χ2v) is 7.35. The van der Waals surface area contributed by atoms with E-state index in [2.05, 4.69) is 39.0 Å². The summed E-state index contributed by atoms with van der Waals surface area (Å²) in [6.45, 7) is 6.48. The van der Waals surface area contributed by atoms with E-state index in [1.54, 1.807) is 35.5 Å². The standard InChI is InChI=1S/3C9H14NO.3BrH/c3*1-3-6-9-7-4-5-8-10(9)11-2;;;/h3*4-5,7-8H,3,6H2,1-2H3;3*1H/q3*+1;;;/p-3. The molecule has 6 nitrogen and oxygen atoms in total. The molecule has 0 amide bonds. The zero-order valence-electron chi connectivity index (χ0n) is 22.4. The molecule has 36 heavy (non-hydrogen) atoms. The fraction of sp³-hybridized carbons (Fsp3) is 0.444. The van der Waals surface area contributed by atoms with Gasteiger partial charge in [-0.3, -0.25) is 14.5 Å². The minimum atomic E-state index is 0. The van der Waals surface area contributed by atoms with Crippen molar-refractivity contribution in [2.24, 2.45) is 0 Å².